The molecule has 0 radical (unpaired) electrons. The van der Waals surface area contributed by atoms with Gasteiger partial charge in [-0.2, -0.15) is 0 Å². The number of hydrogen-bond acceptors (Lipinski definition) is 2. The van der Waals surface area contributed by atoms with Gasteiger partial charge in [0.1, 0.15) is 0 Å². The van der Waals surface area contributed by atoms with E-state index in [1.165, 1.54) is 64.2 Å². The molecule has 0 saturated heterocycles. The highest BCUT2D eigenvalue weighted by atomic mass is 15.4. The van der Waals surface area contributed by atoms with Crippen molar-refractivity contribution in [3.63, 3.8) is 0 Å². The summed E-state index contributed by atoms with van der Waals surface area (Å²) in [6.45, 7) is 0. The van der Waals surface area contributed by atoms with E-state index in [9.17, 15) is 0 Å². The molecular weight excluding hydrogens is 286 g/mol. The first-order chi connectivity index (χ1) is 11.2. The van der Waals surface area contributed by atoms with Crippen LogP contribution in [-0.2, 0) is 0 Å². The van der Waals surface area contributed by atoms with Gasteiger partial charge in [-0.3, -0.25) is 9.89 Å². The van der Waals surface area contributed by atoms with Crippen molar-refractivity contribution in [2.75, 3.05) is 28.2 Å². The van der Waals surface area contributed by atoms with Crippen LogP contribution >= 0.6 is 0 Å². The number of nitrogens with one attached hydrogen (secondary N) is 1. The van der Waals surface area contributed by atoms with E-state index in [1.807, 2.05) is 14.1 Å². The van der Waals surface area contributed by atoms with Gasteiger partial charge in [0.15, 0.2) is 5.96 Å². The molecule has 2 fully saturated rings. The Hall–Kier alpha value is -1.26. The van der Waals surface area contributed by atoms with Crippen molar-refractivity contribution in [2.45, 2.75) is 76.3 Å². The third-order valence-corrected chi connectivity index (χ3v) is 5.36. The maximum absolute atomic E-state index is 5.18. The smallest absolute Gasteiger partial charge is 0.203 e. The maximum Gasteiger partial charge on any atom is 0.203 e. The van der Waals surface area contributed by atoms with E-state index in [0.717, 1.165) is 11.9 Å². The van der Waals surface area contributed by atoms with Crippen LogP contribution in [0.5, 0.6) is 0 Å². The summed E-state index contributed by atoms with van der Waals surface area (Å²) in [5.74, 6) is 1.96. The molecular formula is C18H35N5. The van der Waals surface area contributed by atoms with Crippen LogP contribution in [0.15, 0.2) is 9.98 Å². The van der Waals surface area contributed by atoms with E-state index >= 15 is 0 Å². The second-order valence-corrected chi connectivity index (χ2v) is 6.98. The van der Waals surface area contributed by atoms with E-state index in [-0.39, 0.29) is 0 Å². The van der Waals surface area contributed by atoms with Gasteiger partial charge in [-0.15, -0.1) is 0 Å². The monoisotopic (exact) mass is 321 g/mol. The first kappa shape index (κ1) is 18.1. The number of aliphatic imine (C=N–C) groups is 2. The summed E-state index contributed by atoms with van der Waals surface area (Å²) in [6, 6.07) is 1.09. The molecule has 0 spiro atoms. The second kappa shape index (κ2) is 9.14. The summed E-state index contributed by atoms with van der Waals surface area (Å²) < 4.78 is 0. The Kier molecular flexibility index (Phi) is 7.18. The molecule has 0 unspecified atom stereocenters. The summed E-state index contributed by atoms with van der Waals surface area (Å²) >= 11 is 0. The SMILES string of the molecule is CN=C(NC)N(C)C(=NC1CCCCC1)N(C)C1CCCCC1. The lowest BCUT2D eigenvalue weighted by molar-refractivity contribution is 0.260. The Bertz CT molecular complexity index is 406. The summed E-state index contributed by atoms with van der Waals surface area (Å²) in [5.41, 5.74) is 0. The minimum Gasteiger partial charge on any atom is -0.359 e. The Morgan fingerprint density at radius 1 is 0.913 bits per heavy atom. The highest BCUT2D eigenvalue weighted by Gasteiger charge is 2.26. The number of nitrogens with zero attached hydrogens (tertiary/aromatic N) is 4. The molecule has 2 rings (SSSR count). The molecule has 0 amide bonds. The van der Waals surface area contributed by atoms with Crippen LogP contribution in [0.25, 0.3) is 0 Å². The molecule has 0 atom stereocenters. The number of rotatable bonds is 2. The topological polar surface area (TPSA) is 43.2 Å². The van der Waals surface area contributed by atoms with Crippen molar-refractivity contribution < 1.29 is 0 Å². The first-order valence-corrected chi connectivity index (χ1v) is 9.36. The summed E-state index contributed by atoms with van der Waals surface area (Å²) in [4.78, 5) is 14.1. The number of guanidine groups is 2. The normalized spacial score (nSPS) is 22.1. The molecule has 2 aliphatic carbocycles. The zero-order valence-electron chi connectivity index (χ0n) is 15.5. The molecule has 132 valence electrons. The fourth-order valence-electron chi connectivity index (χ4n) is 3.94. The van der Waals surface area contributed by atoms with Crippen molar-refractivity contribution in [2.24, 2.45) is 9.98 Å². The summed E-state index contributed by atoms with van der Waals surface area (Å²) in [5, 5.41) is 3.20. The van der Waals surface area contributed by atoms with Crippen molar-refractivity contribution in [1.82, 2.24) is 15.1 Å². The minimum absolute atomic E-state index is 0.474. The average molecular weight is 322 g/mol. The molecule has 2 saturated carbocycles. The largest absolute Gasteiger partial charge is 0.359 e. The van der Waals surface area contributed by atoms with Gasteiger partial charge >= 0.3 is 0 Å². The highest BCUT2D eigenvalue weighted by Crippen LogP contribution is 2.24. The lowest BCUT2D eigenvalue weighted by atomic mass is 9.94. The van der Waals surface area contributed by atoms with Crippen molar-refractivity contribution >= 4 is 11.9 Å². The van der Waals surface area contributed by atoms with Crippen LogP contribution < -0.4 is 5.32 Å². The Labute approximate surface area is 142 Å². The van der Waals surface area contributed by atoms with E-state index in [0.29, 0.717) is 12.1 Å². The molecule has 2 aliphatic rings. The van der Waals surface area contributed by atoms with Gasteiger partial charge < -0.3 is 10.2 Å². The van der Waals surface area contributed by atoms with Crippen LogP contribution in [0, 0.1) is 0 Å². The zero-order valence-corrected chi connectivity index (χ0v) is 15.5. The molecule has 5 nitrogen and oxygen atoms in total. The van der Waals surface area contributed by atoms with Gasteiger partial charge in [-0.25, -0.2) is 4.99 Å². The molecule has 0 aromatic rings. The molecule has 23 heavy (non-hydrogen) atoms. The van der Waals surface area contributed by atoms with Gasteiger partial charge in [-0.1, -0.05) is 38.5 Å². The Morgan fingerprint density at radius 3 is 2.00 bits per heavy atom. The fraction of sp³-hybridized carbons (Fsp3) is 0.889. The molecule has 0 aromatic heterocycles. The molecule has 0 aromatic carbocycles. The zero-order chi connectivity index (χ0) is 16.7. The first-order valence-electron chi connectivity index (χ1n) is 9.36. The third-order valence-electron chi connectivity index (χ3n) is 5.36. The standard InChI is InChI=1S/C18H35N5/c1-19-17(20-2)23(4)18(21-15-11-7-5-8-12-15)22(3)16-13-9-6-10-14-16/h15-16H,5-14H2,1-4H3,(H,19,20). The molecule has 5 heteroatoms. The summed E-state index contributed by atoms with van der Waals surface area (Å²) in [6.07, 6.45) is 13.1. The van der Waals surface area contributed by atoms with Crippen LogP contribution in [0.3, 0.4) is 0 Å². The molecule has 0 bridgehead atoms. The van der Waals surface area contributed by atoms with Crippen LogP contribution in [0.1, 0.15) is 64.2 Å². The van der Waals surface area contributed by atoms with Crippen LogP contribution in [-0.4, -0.2) is 62.0 Å². The van der Waals surface area contributed by atoms with Gasteiger partial charge in [0, 0.05) is 34.2 Å². The summed E-state index contributed by atoms with van der Waals surface area (Å²) in [7, 11) is 8.07. The van der Waals surface area contributed by atoms with Gasteiger partial charge in [-0.05, 0) is 25.7 Å². The molecule has 1 N–H and O–H groups in total. The minimum atomic E-state index is 0.474. The maximum atomic E-state index is 5.18. The van der Waals surface area contributed by atoms with Crippen LogP contribution in [0.4, 0.5) is 0 Å². The predicted molar refractivity (Wildman–Crippen MR) is 99.1 cm³/mol. The van der Waals surface area contributed by atoms with E-state index in [4.69, 9.17) is 4.99 Å². The Morgan fingerprint density at radius 2 is 1.48 bits per heavy atom. The predicted octanol–water partition coefficient (Wildman–Crippen LogP) is 3.08. The van der Waals surface area contributed by atoms with Gasteiger partial charge in [0.2, 0.25) is 5.96 Å². The average Bonchev–Trinajstić information content (AvgIpc) is 2.61. The van der Waals surface area contributed by atoms with E-state index < -0.39 is 0 Å². The number of hydrogen-bond donors (Lipinski definition) is 1. The fourth-order valence-corrected chi connectivity index (χ4v) is 3.94. The highest BCUT2D eigenvalue weighted by molar-refractivity contribution is 5.98. The van der Waals surface area contributed by atoms with Crippen LogP contribution in [0.2, 0.25) is 0 Å². The Balaban J connectivity index is 2.19. The van der Waals surface area contributed by atoms with E-state index in [1.54, 1.807) is 0 Å². The van der Waals surface area contributed by atoms with Gasteiger partial charge in [0.25, 0.3) is 0 Å². The second-order valence-electron chi connectivity index (χ2n) is 6.98. The van der Waals surface area contributed by atoms with Crippen molar-refractivity contribution in [3.05, 3.63) is 0 Å². The lowest BCUT2D eigenvalue weighted by Gasteiger charge is -2.38. The van der Waals surface area contributed by atoms with Gasteiger partial charge in [0.05, 0.1) is 6.04 Å². The van der Waals surface area contributed by atoms with Crippen molar-refractivity contribution in [1.29, 1.82) is 0 Å². The lowest BCUT2D eigenvalue weighted by Crippen LogP contribution is -2.51. The van der Waals surface area contributed by atoms with E-state index in [2.05, 4.69) is 34.2 Å². The quantitative estimate of drug-likeness (QED) is 0.628. The molecule has 0 aliphatic heterocycles. The molecule has 0 heterocycles. The van der Waals surface area contributed by atoms with Crippen molar-refractivity contribution in [3.8, 4) is 0 Å². The third kappa shape index (κ3) is 4.85.